The summed E-state index contributed by atoms with van der Waals surface area (Å²) >= 11 is 0. The molecule has 0 spiro atoms. The normalized spacial score (nSPS) is 36.9. The molecule has 0 aromatic heterocycles. The molecule has 1 heterocycles. The van der Waals surface area contributed by atoms with E-state index in [1.165, 1.54) is 0 Å². The van der Waals surface area contributed by atoms with Crippen LogP contribution in [-0.2, 0) is 0 Å². The summed E-state index contributed by atoms with van der Waals surface area (Å²) in [4.78, 5) is 2.20. The predicted molar refractivity (Wildman–Crippen MR) is 52.6 cm³/mol. The molecule has 2 atom stereocenters. The van der Waals surface area contributed by atoms with Gasteiger partial charge in [-0.2, -0.15) is 0 Å². The van der Waals surface area contributed by atoms with Gasteiger partial charge in [-0.05, 0) is 26.7 Å². The summed E-state index contributed by atoms with van der Waals surface area (Å²) < 4.78 is 0. The fraction of sp³-hybridized carbons (Fsp3) is 1.00. The summed E-state index contributed by atoms with van der Waals surface area (Å²) in [6, 6.07) is 0.455. The molecule has 2 unspecified atom stereocenters. The van der Waals surface area contributed by atoms with Crippen molar-refractivity contribution in [1.29, 1.82) is 0 Å². The van der Waals surface area contributed by atoms with Gasteiger partial charge in [0.2, 0.25) is 0 Å². The van der Waals surface area contributed by atoms with Crippen LogP contribution in [0.3, 0.4) is 0 Å². The lowest BCUT2D eigenvalue weighted by molar-refractivity contribution is -0.124. The second-order valence-electron chi connectivity index (χ2n) is 4.31. The molecule has 1 saturated heterocycles. The Morgan fingerprint density at radius 3 is 2.54 bits per heavy atom. The molecule has 0 bridgehead atoms. The van der Waals surface area contributed by atoms with E-state index >= 15 is 0 Å². The maximum atomic E-state index is 9.97. The first-order valence-electron chi connectivity index (χ1n) is 5.14. The van der Waals surface area contributed by atoms with E-state index in [-0.39, 0.29) is 0 Å². The lowest BCUT2D eigenvalue weighted by Gasteiger charge is -2.43. The van der Waals surface area contributed by atoms with Crippen LogP contribution in [0.4, 0.5) is 0 Å². The maximum absolute atomic E-state index is 9.97. The second-order valence-corrected chi connectivity index (χ2v) is 4.31. The third-order valence-corrected chi connectivity index (χ3v) is 3.20. The molecule has 3 heteroatoms. The van der Waals surface area contributed by atoms with Crippen LogP contribution >= 0.6 is 0 Å². The van der Waals surface area contributed by atoms with E-state index in [1.54, 1.807) is 0 Å². The smallest absolute Gasteiger partial charge is 0.0954 e. The van der Waals surface area contributed by atoms with E-state index < -0.39 is 11.7 Å². The summed E-state index contributed by atoms with van der Waals surface area (Å²) in [5.41, 5.74) is -0.842. The number of hydrogen-bond acceptors (Lipinski definition) is 3. The molecular weight excluding hydrogens is 166 g/mol. The number of piperidine rings is 1. The molecule has 3 nitrogen and oxygen atoms in total. The first-order chi connectivity index (χ1) is 5.99. The fourth-order valence-electron chi connectivity index (χ4n) is 1.87. The van der Waals surface area contributed by atoms with E-state index in [2.05, 4.69) is 18.7 Å². The third kappa shape index (κ3) is 2.22. The molecule has 1 aliphatic heterocycles. The van der Waals surface area contributed by atoms with Gasteiger partial charge < -0.3 is 10.2 Å². The lowest BCUT2D eigenvalue weighted by Crippen LogP contribution is -2.56. The van der Waals surface area contributed by atoms with Crippen molar-refractivity contribution < 1.29 is 10.2 Å². The average Bonchev–Trinajstić information content (AvgIpc) is 2.09. The standard InChI is InChI=1S/C10H21NO2/c1-4-10(13)5-6-11(8(2)3)7-9(10)12/h8-9,12-13H,4-7H2,1-3H3. The summed E-state index contributed by atoms with van der Waals surface area (Å²) in [5.74, 6) is 0. The van der Waals surface area contributed by atoms with Crippen LogP contribution in [-0.4, -0.2) is 45.9 Å². The van der Waals surface area contributed by atoms with Crippen LogP contribution in [0.15, 0.2) is 0 Å². The Hall–Kier alpha value is -0.120. The summed E-state index contributed by atoms with van der Waals surface area (Å²) in [6.45, 7) is 7.64. The molecule has 1 rings (SSSR count). The highest BCUT2D eigenvalue weighted by atomic mass is 16.3. The highest BCUT2D eigenvalue weighted by Crippen LogP contribution is 2.26. The molecule has 13 heavy (non-hydrogen) atoms. The number of aliphatic hydroxyl groups excluding tert-OH is 1. The molecule has 78 valence electrons. The number of nitrogens with zero attached hydrogens (tertiary/aromatic N) is 1. The van der Waals surface area contributed by atoms with E-state index in [0.717, 1.165) is 6.54 Å². The van der Waals surface area contributed by atoms with E-state index in [9.17, 15) is 10.2 Å². The Kier molecular flexibility index (Phi) is 3.33. The molecule has 0 amide bonds. The van der Waals surface area contributed by atoms with Gasteiger partial charge >= 0.3 is 0 Å². The van der Waals surface area contributed by atoms with Gasteiger partial charge in [0.05, 0.1) is 11.7 Å². The van der Waals surface area contributed by atoms with Gasteiger partial charge in [-0.3, -0.25) is 4.90 Å². The van der Waals surface area contributed by atoms with Gasteiger partial charge in [0, 0.05) is 19.1 Å². The monoisotopic (exact) mass is 187 g/mol. The van der Waals surface area contributed by atoms with Crippen molar-refractivity contribution in [3.63, 3.8) is 0 Å². The molecule has 0 aromatic carbocycles. The number of rotatable bonds is 2. The Balaban J connectivity index is 2.56. The van der Waals surface area contributed by atoms with Crippen LogP contribution < -0.4 is 0 Å². The Morgan fingerprint density at radius 1 is 1.54 bits per heavy atom. The van der Waals surface area contributed by atoms with Gasteiger partial charge in [-0.15, -0.1) is 0 Å². The Morgan fingerprint density at radius 2 is 2.15 bits per heavy atom. The summed E-state index contributed by atoms with van der Waals surface area (Å²) in [5, 5.41) is 19.7. The van der Waals surface area contributed by atoms with Crippen LogP contribution in [0.2, 0.25) is 0 Å². The molecule has 1 aliphatic rings. The van der Waals surface area contributed by atoms with Gasteiger partial charge in [0.1, 0.15) is 0 Å². The third-order valence-electron chi connectivity index (χ3n) is 3.20. The van der Waals surface area contributed by atoms with Crippen molar-refractivity contribution in [1.82, 2.24) is 4.90 Å². The minimum Gasteiger partial charge on any atom is -0.389 e. The minimum absolute atomic E-state index is 0.455. The molecular formula is C10H21NO2. The van der Waals surface area contributed by atoms with Crippen molar-refractivity contribution in [3.05, 3.63) is 0 Å². The molecule has 1 fully saturated rings. The number of β-amino-alcohol motifs (C(OH)–C–C–N with tert-alkyl or cyclic N) is 1. The molecule has 0 saturated carbocycles. The highest BCUT2D eigenvalue weighted by molar-refractivity contribution is 4.93. The number of likely N-dealkylation sites (tertiary alicyclic amines) is 1. The van der Waals surface area contributed by atoms with E-state index in [4.69, 9.17) is 0 Å². The van der Waals surface area contributed by atoms with Gasteiger partial charge in [-0.1, -0.05) is 6.92 Å². The zero-order valence-electron chi connectivity index (χ0n) is 8.82. The van der Waals surface area contributed by atoms with E-state index in [0.29, 0.717) is 25.4 Å². The van der Waals surface area contributed by atoms with Crippen LogP contribution in [0.25, 0.3) is 0 Å². The van der Waals surface area contributed by atoms with Gasteiger partial charge in [0.15, 0.2) is 0 Å². The first kappa shape index (κ1) is 11.0. The average molecular weight is 187 g/mol. The predicted octanol–water partition coefficient (Wildman–Crippen LogP) is 0.602. The summed E-state index contributed by atoms with van der Waals surface area (Å²) in [6.07, 6.45) is 0.733. The first-order valence-corrected chi connectivity index (χ1v) is 5.14. The number of hydrogen-bond donors (Lipinski definition) is 2. The van der Waals surface area contributed by atoms with Crippen molar-refractivity contribution in [2.24, 2.45) is 0 Å². The SMILES string of the molecule is CCC1(O)CCN(C(C)C)CC1O. The van der Waals surface area contributed by atoms with Crippen LogP contribution in [0.1, 0.15) is 33.6 Å². The Bertz CT molecular complexity index is 172. The van der Waals surface area contributed by atoms with Crippen molar-refractivity contribution in [2.45, 2.75) is 51.4 Å². The molecule has 0 aromatic rings. The van der Waals surface area contributed by atoms with E-state index in [1.807, 2.05) is 6.92 Å². The minimum atomic E-state index is -0.842. The summed E-state index contributed by atoms with van der Waals surface area (Å²) in [7, 11) is 0. The van der Waals surface area contributed by atoms with Gasteiger partial charge in [-0.25, -0.2) is 0 Å². The van der Waals surface area contributed by atoms with Crippen molar-refractivity contribution >= 4 is 0 Å². The van der Waals surface area contributed by atoms with Crippen LogP contribution in [0.5, 0.6) is 0 Å². The highest BCUT2D eigenvalue weighted by Gasteiger charge is 2.39. The molecule has 2 N–H and O–H groups in total. The van der Waals surface area contributed by atoms with Gasteiger partial charge in [0.25, 0.3) is 0 Å². The number of aliphatic hydroxyl groups is 2. The Labute approximate surface area is 80.4 Å². The lowest BCUT2D eigenvalue weighted by atomic mass is 9.86. The van der Waals surface area contributed by atoms with Crippen molar-refractivity contribution in [2.75, 3.05) is 13.1 Å². The zero-order chi connectivity index (χ0) is 10.1. The molecule has 0 radical (unpaired) electrons. The van der Waals surface area contributed by atoms with Crippen molar-refractivity contribution in [3.8, 4) is 0 Å². The topological polar surface area (TPSA) is 43.7 Å². The van der Waals surface area contributed by atoms with Crippen LogP contribution in [0, 0.1) is 0 Å². The maximum Gasteiger partial charge on any atom is 0.0954 e. The zero-order valence-corrected chi connectivity index (χ0v) is 8.82. The largest absolute Gasteiger partial charge is 0.389 e. The quantitative estimate of drug-likeness (QED) is 0.665. The second kappa shape index (κ2) is 3.95. The molecule has 0 aliphatic carbocycles. The fourth-order valence-corrected chi connectivity index (χ4v) is 1.87.